The van der Waals surface area contributed by atoms with Gasteiger partial charge in [0.1, 0.15) is 5.75 Å². The molecule has 0 unspecified atom stereocenters. The van der Waals surface area contributed by atoms with Crippen LogP contribution in [-0.4, -0.2) is 13.0 Å². The van der Waals surface area contributed by atoms with Gasteiger partial charge in [0.05, 0.1) is 12.8 Å². The Kier molecular flexibility index (Phi) is 2.30. The van der Waals surface area contributed by atoms with Crippen LogP contribution >= 0.6 is 0 Å². The third-order valence-corrected chi connectivity index (χ3v) is 2.37. The molecule has 0 aromatic heterocycles. The molecule has 0 bridgehead atoms. The summed E-state index contributed by atoms with van der Waals surface area (Å²) in [5.74, 6) is -2.09. The lowest BCUT2D eigenvalue weighted by Gasteiger charge is -2.20. The van der Waals surface area contributed by atoms with Crippen LogP contribution in [0.3, 0.4) is 0 Å². The van der Waals surface area contributed by atoms with E-state index in [-0.39, 0.29) is 23.8 Å². The van der Waals surface area contributed by atoms with Crippen molar-refractivity contribution in [2.75, 3.05) is 12.4 Å². The lowest BCUT2D eigenvalue weighted by atomic mass is 10.0. The van der Waals surface area contributed by atoms with Crippen LogP contribution in [0.4, 0.5) is 14.5 Å². The van der Waals surface area contributed by atoms with E-state index in [1.807, 2.05) is 0 Å². The third kappa shape index (κ3) is 1.54. The molecule has 1 aromatic carbocycles. The highest BCUT2D eigenvalue weighted by Gasteiger charge is 2.24. The molecule has 1 heterocycles. The number of carbonyl (C=O) groups is 1. The largest absolute Gasteiger partial charge is 0.496 e. The highest BCUT2D eigenvalue weighted by Crippen LogP contribution is 2.34. The zero-order chi connectivity index (χ0) is 11.0. The van der Waals surface area contributed by atoms with Gasteiger partial charge in [-0.25, -0.2) is 8.78 Å². The number of hydrogen-bond donors (Lipinski definition) is 1. The standard InChI is InChI=1S/C10H9F2NO2/c1-15-7-4-6(11)9(12)10-5(7)2-3-8(14)13-10/h4H,2-3H2,1H3,(H,13,14). The molecule has 15 heavy (non-hydrogen) atoms. The Balaban J connectivity index is 2.61. The number of carbonyl (C=O) groups excluding carboxylic acids is 1. The smallest absolute Gasteiger partial charge is 0.224 e. The molecule has 1 aliphatic heterocycles. The highest BCUT2D eigenvalue weighted by molar-refractivity contribution is 5.94. The fourth-order valence-electron chi connectivity index (χ4n) is 1.64. The number of fused-ring (bicyclic) bond motifs is 1. The van der Waals surface area contributed by atoms with E-state index in [0.717, 1.165) is 6.07 Å². The van der Waals surface area contributed by atoms with Crippen LogP contribution in [-0.2, 0) is 11.2 Å². The van der Waals surface area contributed by atoms with Crippen LogP contribution in [0.5, 0.6) is 5.75 Å². The summed E-state index contributed by atoms with van der Waals surface area (Å²) in [7, 11) is 1.38. The average molecular weight is 213 g/mol. The van der Waals surface area contributed by atoms with Gasteiger partial charge >= 0.3 is 0 Å². The molecule has 1 aliphatic rings. The van der Waals surface area contributed by atoms with Crippen LogP contribution < -0.4 is 10.1 Å². The van der Waals surface area contributed by atoms with E-state index in [4.69, 9.17) is 4.74 Å². The zero-order valence-corrected chi connectivity index (χ0v) is 8.06. The molecule has 0 fully saturated rings. The predicted molar refractivity (Wildman–Crippen MR) is 49.9 cm³/mol. The monoisotopic (exact) mass is 213 g/mol. The quantitative estimate of drug-likeness (QED) is 0.773. The summed E-state index contributed by atoms with van der Waals surface area (Å²) in [6, 6.07) is 0.992. The van der Waals surface area contributed by atoms with E-state index in [9.17, 15) is 13.6 Å². The van der Waals surface area contributed by atoms with Crippen molar-refractivity contribution in [2.24, 2.45) is 0 Å². The van der Waals surface area contributed by atoms with Crippen molar-refractivity contribution in [2.45, 2.75) is 12.8 Å². The molecule has 1 N–H and O–H groups in total. The maximum Gasteiger partial charge on any atom is 0.224 e. The number of nitrogens with one attached hydrogen (secondary N) is 1. The first-order valence-corrected chi connectivity index (χ1v) is 4.48. The first kappa shape index (κ1) is 9.89. The molecular formula is C10H9F2NO2. The van der Waals surface area contributed by atoms with Gasteiger partial charge in [0.15, 0.2) is 11.6 Å². The van der Waals surface area contributed by atoms with Crippen LogP contribution in [0, 0.1) is 11.6 Å². The number of hydrogen-bond acceptors (Lipinski definition) is 2. The molecule has 0 saturated carbocycles. The summed E-state index contributed by atoms with van der Waals surface area (Å²) in [5, 5.41) is 2.31. The van der Waals surface area contributed by atoms with Gasteiger partial charge in [-0.05, 0) is 6.42 Å². The second kappa shape index (κ2) is 3.49. The minimum atomic E-state index is -1.03. The Hall–Kier alpha value is -1.65. The Morgan fingerprint density at radius 2 is 2.13 bits per heavy atom. The molecule has 2 rings (SSSR count). The maximum atomic E-state index is 13.3. The summed E-state index contributed by atoms with van der Waals surface area (Å²) in [6.45, 7) is 0. The van der Waals surface area contributed by atoms with Crippen LogP contribution in [0.2, 0.25) is 0 Å². The normalized spacial score (nSPS) is 14.5. The number of ether oxygens (including phenoxy) is 1. The third-order valence-electron chi connectivity index (χ3n) is 2.37. The number of halogens is 2. The zero-order valence-electron chi connectivity index (χ0n) is 8.06. The van der Waals surface area contributed by atoms with Gasteiger partial charge < -0.3 is 10.1 Å². The van der Waals surface area contributed by atoms with Crippen LogP contribution in [0.1, 0.15) is 12.0 Å². The Labute approximate surface area is 85.0 Å². The molecule has 0 aliphatic carbocycles. The molecule has 0 saturated heterocycles. The fraction of sp³-hybridized carbons (Fsp3) is 0.300. The van der Waals surface area contributed by atoms with Gasteiger partial charge in [0, 0.05) is 18.1 Å². The van der Waals surface area contributed by atoms with Crippen molar-refractivity contribution in [1.82, 2.24) is 0 Å². The predicted octanol–water partition coefficient (Wildman–Crippen LogP) is 1.86. The van der Waals surface area contributed by atoms with Crippen molar-refractivity contribution in [3.05, 3.63) is 23.3 Å². The number of benzene rings is 1. The fourth-order valence-corrected chi connectivity index (χ4v) is 1.64. The summed E-state index contributed by atoms with van der Waals surface area (Å²) in [5.41, 5.74) is 0.416. The molecule has 1 amide bonds. The number of amides is 1. The van der Waals surface area contributed by atoms with E-state index >= 15 is 0 Å². The Bertz CT molecular complexity index is 432. The van der Waals surface area contributed by atoms with E-state index < -0.39 is 11.6 Å². The summed E-state index contributed by atoms with van der Waals surface area (Å²) < 4.78 is 31.3. The van der Waals surface area contributed by atoms with Gasteiger partial charge in [-0.3, -0.25) is 4.79 Å². The van der Waals surface area contributed by atoms with Crippen molar-refractivity contribution in [1.29, 1.82) is 0 Å². The van der Waals surface area contributed by atoms with Gasteiger partial charge in [-0.2, -0.15) is 0 Å². The second-order valence-electron chi connectivity index (χ2n) is 3.28. The van der Waals surface area contributed by atoms with Gasteiger partial charge in [-0.15, -0.1) is 0 Å². The van der Waals surface area contributed by atoms with E-state index in [0.29, 0.717) is 12.0 Å². The first-order valence-electron chi connectivity index (χ1n) is 4.48. The Morgan fingerprint density at radius 3 is 2.80 bits per heavy atom. The molecule has 1 aromatic rings. The van der Waals surface area contributed by atoms with Crippen molar-refractivity contribution in [3.8, 4) is 5.75 Å². The van der Waals surface area contributed by atoms with Gasteiger partial charge in [-0.1, -0.05) is 0 Å². The number of methoxy groups -OCH3 is 1. The van der Waals surface area contributed by atoms with Crippen LogP contribution in [0.25, 0.3) is 0 Å². The molecule has 5 heteroatoms. The first-order chi connectivity index (χ1) is 7.13. The summed E-state index contributed by atoms with van der Waals surface area (Å²) in [6.07, 6.45) is 0.621. The Morgan fingerprint density at radius 1 is 1.40 bits per heavy atom. The lowest BCUT2D eigenvalue weighted by molar-refractivity contribution is -0.116. The van der Waals surface area contributed by atoms with E-state index in [1.165, 1.54) is 7.11 Å². The van der Waals surface area contributed by atoms with Crippen molar-refractivity contribution < 1.29 is 18.3 Å². The van der Waals surface area contributed by atoms with Crippen molar-refractivity contribution >= 4 is 11.6 Å². The topological polar surface area (TPSA) is 38.3 Å². The molecule has 3 nitrogen and oxygen atoms in total. The summed E-state index contributed by atoms with van der Waals surface area (Å²) in [4.78, 5) is 11.0. The van der Waals surface area contributed by atoms with E-state index in [1.54, 1.807) is 0 Å². The van der Waals surface area contributed by atoms with Gasteiger partial charge in [0.25, 0.3) is 0 Å². The second-order valence-corrected chi connectivity index (χ2v) is 3.28. The van der Waals surface area contributed by atoms with E-state index in [2.05, 4.69) is 5.32 Å². The maximum absolute atomic E-state index is 13.3. The SMILES string of the molecule is COc1cc(F)c(F)c2c1CCC(=O)N2. The highest BCUT2D eigenvalue weighted by atomic mass is 19.2. The van der Waals surface area contributed by atoms with Crippen LogP contribution in [0.15, 0.2) is 6.07 Å². The number of anilines is 1. The minimum Gasteiger partial charge on any atom is -0.496 e. The van der Waals surface area contributed by atoms with Crippen molar-refractivity contribution in [3.63, 3.8) is 0 Å². The summed E-state index contributed by atoms with van der Waals surface area (Å²) >= 11 is 0. The average Bonchev–Trinajstić information content (AvgIpc) is 2.23. The molecule has 0 spiro atoms. The van der Waals surface area contributed by atoms with Gasteiger partial charge in [0.2, 0.25) is 5.91 Å². The minimum absolute atomic E-state index is 0.0944. The molecule has 80 valence electrons. The number of rotatable bonds is 1. The molecular weight excluding hydrogens is 204 g/mol. The molecule has 0 radical (unpaired) electrons. The lowest BCUT2D eigenvalue weighted by Crippen LogP contribution is -2.21. The molecule has 0 atom stereocenters.